The van der Waals surface area contributed by atoms with Crippen molar-refractivity contribution in [3.05, 3.63) is 106 Å². The molecular weight excluding hydrogens is 1330 g/mol. The summed E-state index contributed by atoms with van der Waals surface area (Å²) in [7, 11) is -23.6. The predicted molar refractivity (Wildman–Crippen MR) is 325 cm³/mol. The molecule has 2 atom stereocenters. The molecule has 3 aliphatic heterocycles. The number of allylic oxidation sites excluding steroid dienone is 8. The van der Waals surface area contributed by atoms with E-state index < -0.39 is 105 Å². The second-order valence-electron chi connectivity index (χ2n) is 22.5. The van der Waals surface area contributed by atoms with Gasteiger partial charge in [0.05, 0.1) is 74.8 Å². The molecule has 33 heteroatoms. The maximum Gasteiger partial charge on any atom is 0.333 e. The molecule has 0 N–H and O–H groups in total. The largest absolute Gasteiger partial charge is 0.748 e. The van der Waals surface area contributed by atoms with E-state index in [0.29, 0.717) is 83.6 Å². The number of carbonyl (C=O) groups excluding carboxylic acids is 3. The second kappa shape index (κ2) is 29.0. The molecule has 502 valence electrons. The number of benzene rings is 4. The first-order valence-electron chi connectivity index (χ1n) is 28.8. The van der Waals surface area contributed by atoms with E-state index in [9.17, 15) is 79.2 Å². The summed E-state index contributed by atoms with van der Waals surface area (Å²) in [5.74, 6) is -3.17. The van der Waals surface area contributed by atoms with Gasteiger partial charge in [-0.3, -0.25) is 9.59 Å². The molecule has 92 heavy (non-hydrogen) atoms. The first-order chi connectivity index (χ1) is 43.1. The van der Waals surface area contributed by atoms with Crippen LogP contribution in [0.1, 0.15) is 89.2 Å². The molecule has 3 heterocycles. The van der Waals surface area contributed by atoms with E-state index in [-0.39, 0.29) is 135 Å². The third kappa shape index (κ3) is 16.2. The number of anilines is 1. The van der Waals surface area contributed by atoms with Crippen molar-refractivity contribution in [2.75, 3.05) is 90.8 Å². The lowest BCUT2D eigenvalue weighted by Crippen LogP contribution is -2.33. The average Bonchev–Trinajstić information content (AvgIpc) is 1.53. The van der Waals surface area contributed by atoms with Crippen LogP contribution in [0.4, 0.5) is 11.4 Å². The van der Waals surface area contributed by atoms with Crippen LogP contribution in [0.5, 0.6) is 0 Å². The number of nitrogens with zero attached hydrogens (tertiary/aromatic N) is 3. The fourth-order valence-corrected chi connectivity index (χ4v) is 15.6. The molecule has 2 amide bonds. The number of methoxy groups -OCH3 is 2. The van der Waals surface area contributed by atoms with Crippen LogP contribution < -0.4 is 4.90 Å². The van der Waals surface area contributed by atoms with E-state index in [4.69, 9.17) is 40.1 Å². The second-order valence-corrected chi connectivity index (χ2v) is 29.8. The number of carbonyl (C=O) groups is 3. The maximum absolute atomic E-state index is 13.3. The summed E-state index contributed by atoms with van der Waals surface area (Å²) in [6.07, 6.45) is 7.01. The van der Waals surface area contributed by atoms with Crippen molar-refractivity contribution in [1.82, 2.24) is 5.06 Å². The van der Waals surface area contributed by atoms with Gasteiger partial charge in [0.15, 0.2) is 12.3 Å². The van der Waals surface area contributed by atoms with Crippen LogP contribution in [0.15, 0.2) is 114 Å². The van der Waals surface area contributed by atoms with E-state index in [1.54, 1.807) is 47.6 Å². The van der Waals surface area contributed by atoms with E-state index in [2.05, 4.69) is 0 Å². The molecule has 0 spiro atoms. The number of hydrogen-bond donors (Lipinski definition) is 0. The zero-order valence-corrected chi connectivity index (χ0v) is 55.2. The highest BCUT2D eigenvalue weighted by Crippen LogP contribution is 2.54. The van der Waals surface area contributed by atoms with E-state index in [1.807, 2.05) is 0 Å². The Morgan fingerprint density at radius 3 is 1.73 bits per heavy atom. The topological polar surface area (TPSA) is 402 Å². The molecule has 8 rings (SSSR count). The number of imide groups is 1. The first kappa shape index (κ1) is 71.9. The Bertz CT molecular complexity index is 4340. The summed E-state index contributed by atoms with van der Waals surface area (Å²) in [5, 5.41) is 0.00225. The summed E-state index contributed by atoms with van der Waals surface area (Å²) in [6, 6.07) is 8.50. The van der Waals surface area contributed by atoms with Crippen molar-refractivity contribution in [2.24, 2.45) is 0 Å². The van der Waals surface area contributed by atoms with Gasteiger partial charge in [0, 0.05) is 97.3 Å². The fourth-order valence-electron chi connectivity index (χ4n) is 12.2. The van der Waals surface area contributed by atoms with Crippen LogP contribution in [0, 0.1) is 0 Å². The van der Waals surface area contributed by atoms with Crippen molar-refractivity contribution in [3.8, 4) is 0 Å². The smallest absolute Gasteiger partial charge is 0.333 e. The van der Waals surface area contributed by atoms with Gasteiger partial charge in [0.1, 0.15) is 47.1 Å². The molecule has 0 radical (unpaired) electrons. The molecule has 27 nitrogen and oxygen atoms in total. The number of rotatable bonds is 31. The Labute approximate surface area is 537 Å². The summed E-state index contributed by atoms with van der Waals surface area (Å²) >= 11 is 7.40. The van der Waals surface area contributed by atoms with Crippen LogP contribution in [0.3, 0.4) is 0 Å². The summed E-state index contributed by atoms with van der Waals surface area (Å²) in [6.45, 7) is 4.95. The van der Waals surface area contributed by atoms with Gasteiger partial charge in [-0.1, -0.05) is 29.8 Å². The van der Waals surface area contributed by atoms with Gasteiger partial charge in [-0.15, -0.1) is 5.06 Å². The molecule has 4 aliphatic rings. The number of fused-ring (bicyclic) bond motifs is 6. The number of halogens is 1. The Kier molecular flexibility index (Phi) is 22.6. The van der Waals surface area contributed by atoms with Gasteiger partial charge < -0.3 is 56.2 Å². The highest BCUT2D eigenvalue weighted by Gasteiger charge is 2.49. The van der Waals surface area contributed by atoms with Crippen molar-refractivity contribution in [3.63, 3.8) is 0 Å². The average molecular weight is 1400 g/mol. The number of amides is 2. The number of hydroxylamine groups is 2. The predicted octanol–water partition coefficient (Wildman–Crippen LogP) is 5.23. The number of hydrogen-bond acceptors (Lipinski definition) is 25. The lowest BCUT2D eigenvalue weighted by Gasteiger charge is -2.31. The molecule has 1 fully saturated rings. The Morgan fingerprint density at radius 1 is 0.620 bits per heavy atom. The summed E-state index contributed by atoms with van der Waals surface area (Å²) in [4.78, 5) is 40.9. The first-order valence-corrected chi connectivity index (χ1v) is 36.4. The Balaban J connectivity index is 1.26. The quantitative estimate of drug-likeness (QED) is 0.0269. The molecule has 4 aromatic carbocycles. The normalized spacial score (nSPS) is 20.2. The van der Waals surface area contributed by atoms with Crippen LogP contribution in [0.2, 0.25) is 0 Å². The van der Waals surface area contributed by atoms with Crippen molar-refractivity contribution in [1.29, 1.82) is 0 Å². The highest BCUT2D eigenvalue weighted by atomic mass is 35.5. The van der Waals surface area contributed by atoms with Crippen LogP contribution >= 0.6 is 11.6 Å². The van der Waals surface area contributed by atoms with Crippen LogP contribution in [-0.2, 0) is 104 Å². The van der Waals surface area contributed by atoms with Gasteiger partial charge in [-0.2, -0.15) is 4.58 Å². The fraction of sp³-hybridized carbons (Fsp3) is 0.458. The minimum absolute atomic E-state index is 0.0202. The summed E-state index contributed by atoms with van der Waals surface area (Å²) in [5.41, 5.74) is 0.319. The van der Waals surface area contributed by atoms with E-state index >= 15 is 0 Å². The third-order valence-corrected chi connectivity index (χ3v) is 21.1. The zero-order valence-electron chi connectivity index (χ0n) is 50.3. The van der Waals surface area contributed by atoms with Gasteiger partial charge in [0.25, 0.3) is 11.8 Å². The number of ether oxygens (including phenoxy) is 5. The lowest BCUT2D eigenvalue weighted by molar-refractivity contribution is -0.441. The van der Waals surface area contributed by atoms with Crippen LogP contribution in [0.25, 0.3) is 21.5 Å². The molecule has 1 aliphatic carbocycles. The third-order valence-electron chi connectivity index (χ3n) is 16.4. The molecule has 0 bridgehead atoms. The molecule has 4 aromatic rings. The van der Waals surface area contributed by atoms with Crippen molar-refractivity contribution in [2.45, 2.75) is 108 Å². The molecule has 1 saturated heterocycles. The molecular formula is C59H66ClN3O24S5-4. The Hall–Kier alpha value is -5.92. The van der Waals surface area contributed by atoms with Gasteiger partial charge in [-0.05, 0) is 134 Å². The maximum atomic E-state index is 13.3. The minimum Gasteiger partial charge on any atom is -0.748 e. The molecule has 0 aromatic heterocycles. The SMILES string of the molecule is COCCOCCOCCOCCC1(C)/C(=C\C=C2/CCCC(/C=C/C3=[N+](CCOC)c4ccc5c(S(=O)(=O)[O-])cc(S(=O)(=O)[O-])cc5c4C3(C)CCCS(=O)(=O)[O-])=C2Cl)N(CCCC(=O)ON2C(=O)CCC2=O)c2ccc3c(S(=O)(=O)[O-])cc(S(=O)(=O)[O-])cc3c21. The lowest BCUT2D eigenvalue weighted by atomic mass is 9.74. The van der Waals surface area contributed by atoms with Crippen molar-refractivity contribution >= 4 is 119 Å². The Morgan fingerprint density at radius 2 is 1.17 bits per heavy atom. The summed E-state index contributed by atoms with van der Waals surface area (Å²) < 4.78 is 219. The zero-order chi connectivity index (χ0) is 67.4. The standard InChI is InChI=1S/C59H70ClN3O24S5/c1-58(21-7-33-88(67,68)69)50(62(24-26-82-3)47-16-14-42-44(55(47)58)34-40(89(70,71)72)36-48(42)91(76,77)78)17-11-38-8-5-9-39(57(38)60)12-18-51-59(2,22-25-84-29-30-86-32-31-85-28-27-83-4)56-45-35-41(90(73,74)75)37-49(92(79,80)81)43(45)13-15-46(56)61(51)23-6-10-54(66)87-63-52(64)19-20-53(63)65/h11-18,34-37H,5-10,19-33H2,1-4H3,(H4-,67,68,69,70,71,72,73,74,75,76,77,78,79,80,81)/p-4. The monoisotopic (exact) mass is 1400 g/mol. The highest BCUT2D eigenvalue weighted by molar-refractivity contribution is 7.87. The van der Waals surface area contributed by atoms with Gasteiger partial charge in [-0.25, -0.2) is 46.9 Å². The van der Waals surface area contributed by atoms with Crippen molar-refractivity contribution < 1.29 is 112 Å². The van der Waals surface area contributed by atoms with Gasteiger partial charge in [0.2, 0.25) is 5.69 Å². The van der Waals surface area contributed by atoms with E-state index in [1.165, 1.54) is 38.5 Å². The minimum atomic E-state index is -5.46. The van der Waals surface area contributed by atoms with Gasteiger partial charge >= 0.3 is 5.97 Å². The van der Waals surface area contributed by atoms with E-state index in [0.717, 1.165) is 12.1 Å². The molecule has 2 unspecified atom stereocenters. The molecule has 0 saturated carbocycles. The van der Waals surface area contributed by atoms with Crippen LogP contribution in [-0.4, -0.2) is 184 Å².